The highest BCUT2D eigenvalue weighted by molar-refractivity contribution is 8.13. The molecule has 0 saturated carbocycles. The van der Waals surface area contributed by atoms with E-state index in [1.165, 1.54) is 35.9 Å². The molecule has 1 rings (SSSR count). The van der Waals surface area contributed by atoms with E-state index in [1.807, 2.05) is 23.5 Å². The molecule has 0 bridgehead atoms. The molecular formula is C13H26N2S2. The second kappa shape index (κ2) is 7.57. The van der Waals surface area contributed by atoms with Crippen molar-refractivity contribution in [2.45, 2.75) is 46.1 Å². The van der Waals surface area contributed by atoms with Gasteiger partial charge in [0.25, 0.3) is 0 Å². The number of nitrogens with zero attached hydrogens (tertiary/aromatic N) is 1. The van der Waals surface area contributed by atoms with Crippen LogP contribution in [-0.4, -0.2) is 35.5 Å². The van der Waals surface area contributed by atoms with Crippen LogP contribution in [-0.2, 0) is 0 Å². The molecule has 2 nitrogen and oxygen atoms in total. The first-order valence-electron chi connectivity index (χ1n) is 6.47. The molecule has 0 spiro atoms. The van der Waals surface area contributed by atoms with Gasteiger partial charge >= 0.3 is 0 Å². The summed E-state index contributed by atoms with van der Waals surface area (Å²) in [6.07, 6.45) is 5.91. The van der Waals surface area contributed by atoms with E-state index >= 15 is 0 Å². The second-order valence-corrected chi connectivity index (χ2v) is 7.66. The van der Waals surface area contributed by atoms with Crippen molar-refractivity contribution in [2.75, 3.05) is 24.3 Å². The van der Waals surface area contributed by atoms with Gasteiger partial charge in [0.2, 0.25) is 0 Å². The molecule has 17 heavy (non-hydrogen) atoms. The largest absolute Gasteiger partial charge is 0.362 e. The Bertz CT molecular complexity index is 246. The third-order valence-corrected chi connectivity index (χ3v) is 4.66. The SMILES string of the molecule is CSCCCCN=C1NC(C(C)(C)C)CCS1. The molecule has 0 aromatic rings. The lowest BCUT2D eigenvalue weighted by molar-refractivity contribution is 0.290. The van der Waals surface area contributed by atoms with Gasteiger partial charge in [-0.3, -0.25) is 4.99 Å². The van der Waals surface area contributed by atoms with Crippen molar-refractivity contribution in [1.82, 2.24) is 5.32 Å². The summed E-state index contributed by atoms with van der Waals surface area (Å²) in [7, 11) is 0. The van der Waals surface area contributed by atoms with E-state index in [-0.39, 0.29) is 0 Å². The van der Waals surface area contributed by atoms with Crippen LogP contribution < -0.4 is 5.32 Å². The minimum Gasteiger partial charge on any atom is -0.362 e. The highest BCUT2D eigenvalue weighted by Gasteiger charge is 2.28. The third kappa shape index (κ3) is 6.05. The van der Waals surface area contributed by atoms with Gasteiger partial charge < -0.3 is 5.32 Å². The highest BCUT2D eigenvalue weighted by atomic mass is 32.2. The normalized spacial score (nSPS) is 23.8. The van der Waals surface area contributed by atoms with Crippen LogP contribution in [0, 0.1) is 5.41 Å². The van der Waals surface area contributed by atoms with Crippen LogP contribution >= 0.6 is 23.5 Å². The topological polar surface area (TPSA) is 24.4 Å². The Kier molecular flexibility index (Phi) is 6.78. The number of rotatable bonds is 5. The van der Waals surface area contributed by atoms with E-state index in [0.29, 0.717) is 11.5 Å². The van der Waals surface area contributed by atoms with Crippen LogP contribution in [0.3, 0.4) is 0 Å². The molecule has 1 saturated heterocycles. The minimum absolute atomic E-state index is 0.334. The maximum Gasteiger partial charge on any atom is 0.156 e. The number of unbranched alkanes of at least 4 members (excludes halogenated alkanes) is 1. The molecule has 1 heterocycles. The fraction of sp³-hybridized carbons (Fsp3) is 0.923. The summed E-state index contributed by atoms with van der Waals surface area (Å²) < 4.78 is 0. The zero-order valence-corrected chi connectivity index (χ0v) is 13.2. The van der Waals surface area contributed by atoms with Crippen LogP contribution in [0.25, 0.3) is 0 Å². The molecule has 100 valence electrons. The fourth-order valence-corrected chi connectivity index (χ4v) is 3.26. The molecular weight excluding hydrogens is 248 g/mol. The number of thioether (sulfide) groups is 2. The van der Waals surface area contributed by atoms with Crippen molar-refractivity contribution in [1.29, 1.82) is 0 Å². The molecule has 0 radical (unpaired) electrons. The van der Waals surface area contributed by atoms with Crippen LogP contribution in [0.5, 0.6) is 0 Å². The first kappa shape index (κ1) is 15.2. The van der Waals surface area contributed by atoms with Gasteiger partial charge in [0.1, 0.15) is 0 Å². The van der Waals surface area contributed by atoms with E-state index in [4.69, 9.17) is 0 Å². The molecule has 4 heteroatoms. The van der Waals surface area contributed by atoms with E-state index < -0.39 is 0 Å². The van der Waals surface area contributed by atoms with Gasteiger partial charge in [-0.05, 0) is 36.7 Å². The zero-order chi connectivity index (χ0) is 12.7. The Morgan fingerprint density at radius 2 is 2.18 bits per heavy atom. The first-order valence-corrected chi connectivity index (χ1v) is 8.84. The lowest BCUT2D eigenvalue weighted by atomic mass is 9.85. The predicted molar refractivity (Wildman–Crippen MR) is 83.4 cm³/mol. The van der Waals surface area contributed by atoms with Gasteiger partial charge in [-0.2, -0.15) is 11.8 Å². The fourth-order valence-electron chi connectivity index (χ4n) is 1.82. The number of hydrogen-bond donors (Lipinski definition) is 1. The summed E-state index contributed by atoms with van der Waals surface area (Å²) in [4.78, 5) is 4.68. The zero-order valence-electron chi connectivity index (χ0n) is 11.6. The highest BCUT2D eigenvalue weighted by Crippen LogP contribution is 2.27. The van der Waals surface area contributed by atoms with E-state index in [1.54, 1.807) is 0 Å². The van der Waals surface area contributed by atoms with Crippen LogP contribution in [0.4, 0.5) is 0 Å². The van der Waals surface area contributed by atoms with Gasteiger partial charge in [-0.1, -0.05) is 32.5 Å². The van der Waals surface area contributed by atoms with Gasteiger partial charge in [-0.15, -0.1) is 0 Å². The van der Waals surface area contributed by atoms with Crippen molar-refractivity contribution in [3.63, 3.8) is 0 Å². The molecule has 1 atom stereocenters. The van der Waals surface area contributed by atoms with E-state index in [2.05, 4.69) is 37.3 Å². The van der Waals surface area contributed by atoms with Crippen molar-refractivity contribution < 1.29 is 0 Å². The maximum absolute atomic E-state index is 4.68. The van der Waals surface area contributed by atoms with Gasteiger partial charge in [0.15, 0.2) is 5.17 Å². The van der Waals surface area contributed by atoms with Crippen molar-refractivity contribution in [3.05, 3.63) is 0 Å². The molecule has 0 amide bonds. The average molecular weight is 274 g/mol. The maximum atomic E-state index is 4.68. The van der Waals surface area contributed by atoms with Crippen LogP contribution in [0.1, 0.15) is 40.0 Å². The lowest BCUT2D eigenvalue weighted by Gasteiger charge is -2.35. The molecule has 1 aliphatic rings. The Morgan fingerprint density at radius 1 is 1.41 bits per heavy atom. The van der Waals surface area contributed by atoms with Crippen molar-refractivity contribution >= 4 is 28.7 Å². The van der Waals surface area contributed by atoms with E-state index in [0.717, 1.165) is 6.54 Å². The summed E-state index contributed by atoms with van der Waals surface area (Å²) in [6, 6.07) is 0.577. The summed E-state index contributed by atoms with van der Waals surface area (Å²) in [6.45, 7) is 7.89. The molecule has 0 aliphatic carbocycles. The molecule has 1 aliphatic heterocycles. The van der Waals surface area contributed by atoms with Crippen LogP contribution in [0.2, 0.25) is 0 Å². The van der Waals surface area contributed by atoms with Crippen molar-refractivity contribution in [3.8, 4) is 0 Å². The Balaban J connectivity index is 2.31. The van der Waals surface area contributed by atoms with Gasteiger partial charge in [0.05, 0.1) is 0 Å². The number of amidine groups is 1. The monoisotopic (exact) mass is 274 g/mol. The Hall–Kier alpha value is 0.170. The molecule has 1 N–H and O–H groups in total. The lowest BCUT2D eigenvalue weighted by Crippen LogP contribution is -2.46. The van der Waals surface area contributed by atoms with E-state index in [9.17, 15) is 0 Å². The number of aliphatic imine (C=N–C) groups is 1. The van der Waals surface area contributed by atoms with Crippen LogP contribution in [0.15, 0.2) is 4.99 Å². The Labute approximate surface area is 115 Å². The van der Waals surface area contributed by atoms with Gasteiger partial charge in [0, 0.05) is 18.3 Å². The molecule has 0 aromatic heterocycles. The standard InChI is InChI=1S/C13H26N2S2/c1-13(2,3)11-7-10-17-12(15-11)14-8-5-6-9-16-4/h11H,5-10H2,1-4H3,(H,14,15). The smallest absolute Gasteiger partial charge is 0.156 e. The molecule has 1 unspecified atom stereocenters. The summed E-state index contributed by atoms with van der Waals surface area (Å²) in [5.74, 6) is 2.47. The summed E-state index contributed by atoms with van der Waals surface area (Å²) in [5.41, 5.74) is 0.334. The quantitative estimate of drug-likeness (QED) is 0.775. The Morgan fingerprint density at radius 3 is 2.82 bits per heavy atom. The second-order valence-electron chi connectivity index (χ2n) is 5.59. The minimum atomic E-state index is 0.334. The molecule has 1 fully saturated rings. The van der Waals surface area contributed by atoms with Crippen molar-refractivity contribution in [2.24, 2.45) is 10.4 Å². The summed E-state index contributed by atoms with van der Waals surface area (Å²) in [5, 5.41) is 4.76. The first-order chi connectivity index (χ1) is 8.04. The average Bonchev–Trinajstić information content (AvgIpc) is 2.28. The summed E-state index contributed by atoms with van der Waals surface area (Å²) >= 11 is 3.80. The van der Waals surface area contributed by atoms with Gasteiger partial charge in [-0.25, -0.2) is 0 Å². The number of nitrogens with one attached hydrogen (secondary N) is 1. The number of hydrogen-bond acceptors (Lipinski definition) is 3. The predicted octanol–water partition coefficient (Wildman–Crippen LogP) is 3.63. The third-order valence-electron chi connectivity index (χ3n) is 3.00. The molecule has 0 aromatic carbocycles.